The van der Waals surface area contributed by atoms with Crippen molar-refractivity contribution in [3.8, 4) is 11.5 Å². The van der Waals surface area contributed by atoms with Crippen LogP contribution >= 0.6 is 15.9 Å². The van der Waals surface area contributed by atoms with Gasteiger partial charge in [0.15, 0.2) is 11.5 Å². The number of nitrogens with zero attached hydrogens (tertiary/aromatic N) is 1. The number of isocyanates is 1. The summed E-state index contributed by atoms with van der Waals surface area (Å²) in [6.45, 7) is 0. The van der Waals surface area contributed by atoms with Crippen LogP contribution in [-0.2, 0) is 10.3 Å². The van der Waals surface area contributed by atoms with E-state index in [1.807, 2.05) is 0 Å². The van der Waals surface area contributed by atoms with Gasteiger partial charge in [-0.25, -0.2) is 9.18 Å². The number of halogens is 2. The monoisotopic (exact) mass is 301 g/mol. The Labute approximate surface area is 105 Å². The molecule has 90 valence electrons. The molecule has 1 fully saturated rings. The van der Waals surface area contributed by atoms with Gasteiger partial charge in [0, 0.05) is 0 Å². The molecule has 1 saturated carbocycles. The molecule has 1 aliphatic carbocycles. The predicted octanol–water partition coefficient (Wildman–Crippen LogP) is 2.63. The Kier molecular flexibility index (Phi) is 2.93. The van der Waals surface area contributed by atoms with Gasteiger partial charge < -0.3 is 9.84 Å². The largest absolute Gasteiger partial charge is 0.504 e. The Morgan fingerprint density at radius 1 is 1.65 bits per heavy atom. The van der Waals surface area contributed by atoms with Gasteiger partial charge >= 0.3 is 0 Å². The van der Waals surface area contributed by atoms with E-state index >= 15 is 0 Å². The summed E-state index contributed by atoms with van der Waals surface area (Å²) in [5.74, 6) is -0.809. The quantitative estimate of drug-likeness (QED) is 0.690. The average molecular weight is 302 g/mol. The second-order valence-corrected chi connectivity index (χ2v) is 4.69. The van der Waals surface area contributed by atoms with Gasteiger partial charge in [-0.15, -0.1) is 0 Å². The Bertz CT molecular complexity index is 522. The first kappa shape index (κ1) is 12.1. The van der Waals surface area contributed by atoms with Crippen LogP contribution in [0.5, 0.6) is 11.5 Å². The summed E-state index contributed by atoms with van der Waals surface area (Å²) in [7, 11) is 1.37. The number of methoxy groups -OCH3 is 1. The SMILES string of the molecule is COc1c(Br)cc(F)c(C2(N=C=O)CC2)c1O. The molecule has 0 unspecified atom stereocenters. The van der Waals surface area contributed by atoms with Crippen molar-refractivity contribution in [3.63, 3.8) is 0 Å². The molecule has 1 aromatic carbocycles. The summed E-state index contributed by atoms with van der Waals surface area (Å²) in [4.78, 5) is 13.9. The number of carbonyl (C=O) groups excluding carboxylic acids is 1. The highest BCUT2D eigenvalue weighted by Gasteiger charge is 2.49. The number of phenolic OH excluding ortho intramolecular Hbond substituents is 1. The number of aromatic hydroxyl groups is 1. The van der Waals surface area contributed by atoms with E-state index in [2.05, 4.69) is 20.9 Å². The number of ether oxygens (including phenoxy) is 1. The van der Waals surface area contributed by atoms with Crippen molar-refractivity contribution in [1.82, 2.24) is 0 Å². The van der Waals surface area contributed by atoms with Crippen LogP contribution in [0.25, 0.3) is 0 Å². The van der Waals surface area contributed by atoms with Gasteiger partial charge in [0.2, 0.25) is 6.08 Å². The molecule has 0 bridgehead atoms. The van der Waals surface area contributed by atoms with Gasteiger partial charge in [-0.1, -0.05) is 0 Å². The number of aliphatic imine (C=N–C) groups is 1. The number of hydrogen-bond acceptors (Lipinski definition) is 4. The third kappa shape index (κ3) is 1.83. The van der Waals surface area contributed by atoms with Crippen molar-refractivity contribution in [3.05, 3.63) is 21.9 Å². The van der Waals surface area contributed by atoms with Crippen LogP contribution < -0.4 is 4.74 Å². The van der Waals surface area contributed by atoms with Crippen LogP contribution in [0.1, 0.15) is 18.4 Å². The first-order valence-corrected chi connectivity index (χ1v) is 5.69. The zero-order valence-electron chi connectivity index (χ0n) is 8.96. The smallest absolute Gasteiger partial charge is 0.235 e. The van der Waals surface area contributed by atoms with Gasteiger partial charge in [-0.05, 0) is 34.8 Å². The van der Waals surface area contributed by atoms with Crippen LogP contribution in [0.3, 0.4) is 0 Å². The molecule has 17 heavy (non-hydrogen) atoms. The van der Waals surface area contributed by atoms with E-state index in [1.54, 1.807) is 0 Å². The van der Waals surface area contributed by atoms with Crippen molar-refractivity contribution in [2.24, 2.45) is 4.99 Å². The molecule has 1 aromatic rings. The molecule has 1 aliphatic rings. The number of benzene rings is 1. The first-order valence-electron chi connectivity index (χ1n) is 4.90. The lowest BCUT2D eigenvalue weighted by atomic mass is 10.0. The lowest BCUT2D eigenvalue weighted by Gasteiger charge is -2.15. The topological polar surface area (TPSA) is 58.9 Å². The molecule has 2 rings (SSSR count). The second-order valence-electron chi connectivity index (χ2n) is 3.83. The van der Waals surface area contributed by atoms with Crippen LogP contribution in [0, 0.1) is 5.82 Å². The van der Waals surface area contributed by atoms with E-state index in [0.29, 0.717) is 17.3 Å². The molecule has 4 nitrogen and oxygen atoms in total. The summed E-state index contributed by atoms with van der Waals surface area (Å²) in [5, 5.41) is 9.97. The Morgan fingerprint density at radius 2 is 2.29 bits per heavy atom. The summed E-state index contributed by atoms with van der Waals surface area (Å²) in [6.07, 6.45) is 2.44. The molecule has 0 saturated heterocycles. The van der Waals surface area contributed by atoms with Gasteiger partial charge in [0.25, 0.3) is 0 Å². The van der Waals surface area contributed by atoms with Crippen molar-refractivity contribution >= 4 is 22.0 Å². The van der Waals surface area contributed by atoms with Crippen molar-refractivity contribution in [1.29, 1.82) is 0 Å². The average Bonchev–Trinajstić information content (AvgIpc) is 2.98. The van der Waals surface area contributed by atoms with Crippen molar-refractivity contribution in [2.75, 3.05) is 7.11 Å². The Hall–Kier alpha value is -1.39. The second kappa shape index (κ2) is 4.13. The van der Waals surface area contributed by atoms with Gasteiger partial charge in [-0.3, -0.25) is 0 Å². The molecule has 0 aromatic heterocycles. The fourth-order valence-corrected chi connectivity index (χ4v) is 2.40. The van der Waals surface area contributed by atoms with Gasteiger partial charge in [0.05, 0.1) is 17.1 Å². The summed E-state index contributed by atoms with van der Waals surface area (Å²) in [6, 6.07) is 1.19. The molecular weight excluding hydrogens is 293 g/mol. The summed E-state index contributed by atoms with van der Waals surface area (Å²) in [5.41, 5.74) is -0.968. The fraction of sp³-hybridized carbons (Fsp3) is 0.364. The summed E-state index contributed by atoms with van der Waals surface area (Å²) < 4.78 is 19.1. The van der Waals surface area contributed by atoms with E-state index in [-0.39, 0.29) is 17.1 Å². The molecular formula is C11H9BrFNO3. The lowest BCUT2D eigenvalue weighted by molar-refractivity contribution is 0.360. The normalized spacial score (nSPS) is 16.2. The molecule has 0 atom stereocenters. The Morgan fingerprint density at radius 3 is 2.76 bits per heavy atom. The number of phenols is 1. The van der Waals surface area contributed by atoms with Crippen LogP contribution in [0.15, 0.2) is 15.5 Å². The number of hydrogen-bond donors (Lipinski definition) is 1. The van der Waals surface area contributed by atoms with E-state index in [1.165, 1.54) is 19.3 Å². The van der Waals surface area contributed by atoms with Crippen molar-refractivity contribution in [2.45, 2.75) is 18.4 Å². The highest BCUT2D eigenvalue weighted by atomic mass is 79.9. The molecule has 0 heterocycles. The minimum atomic E-state index is -0.968. The third-order valence-corrected chi connectivity index (χ3v) is 3.40. The van der Waals surface area contributed by atoms with Crippen LogP contribution in [0.2, 0.25) is 0 Å². The molecule has 0 amide bonds. The van der Waals surface area contributed by atoms with E-state index < -0.39 is 11.4 Å². The lowest BCUT2D eigenvalue weighted by Crippen LogP contribution is -2.07. The number of rotatable bonds is 3. The maximum atomic E-state index is 13.9. The predicted molar refractivity (Wildman–Crippen MR) is 61.4 cm³/mol. The van der Waals surface area contributed by atoms with Crippen LogP contribution in [-0.4, -0.2) is 18.3 Å². The maximum Gasteiger partial charge on any atom is 0.235 e. The molecule has 0 aliphatic heterocycles. The Balaban J connectivity index is 2.66. The minimum Gasteiger partial charge on any atom is -0.504 e. The zero-order chi connectivity index (χ0) is 12.6. The highest BCUT2D eigenvalue weighted by Crippen LogP contribution is 2.55. The summed E-state index contributed by atoms with van der Waals surface area (Å²) >= 11 is 3.09. The van der Waals surface area contributed by atoms with Gasteiger partial charge in [-0.2, -0.15) is 4.99 Å². The first-order chi connectivity index (χ1) is 8.05. The molecule has 0 spiro atoms. The van der Waals surface area contributed by atoms with E-state index in [4.69, 9.17) is 4.74 Å². The highest BCUT2D eigenvalue weighted by molar-refractivity contribution is 9.10. The standard InChI is InChI=1S/C11H9BrFNO3/c1-17-10-6(12)4-7(13)8(9(10)16)11(2-3-11)14-5-15/h4,16H,2-3H2,1H3. The van der Waals surface area contributed by atoms with Crippen molar-refractivity contribution < 1.29 is 19.0 Å². The molecule has 1 N–H and O–H groups in total. The zero-order valence-corrected chi connectivity index (χ0v) is 10.5. The van der Waals surface area contributed by atoms with Crippen LogP contribution in [0.4, 0.5) is 4.39 Å². The van der Waals surface area contributed by atoms with Gasteiger partial charge in [0.1, 0.15) is 11.4 Å². The molecule has 6 heteroatoms. The molecule has 0 radical (unpaired) electrons. The maximum absolute atomic E-state index is 13.9. The van der Waals surface area contributed by atoms with E-state index in [0.717, 1.165) is 0 Å². The third-order valence-electron chi connectivity index (χ3n) is 2.81. The van der Waals surface area contributed by atoms with E-state index in [9.17, 15) is 14.3 Å². The fourth-order valence-electron chi connectivity index (χ4n) is 1.85. The minimum absolute atomic E-state index is 0.000833.